The first-order valence-corrected chi connectivity index (χ1v) is 4.07. The largest absolute Gasteiger partial charge is 0.305 e. The van der Waals surface area contributed by atoms with E-state index in [9.17, 15) is 0 Å². The minimum absolute atomic E-state index is 0.936. The van der Waals surface area contributed by atoms with Gasteiger partial charge in [0.1, 0.15) is 11.8 Å². The fourth-order valence-corrected chi connectivity index (χ4v) is 1.31. The van der Waals surface area contributed by atoms with Crippen molar-refractivity contribution in [3.8, 4) is 0 Å². The Morgan fingerprint density at radius 1 is 1.64 bits per heavy atom. The molecule has 3 heteroatoms. The molecule has 1 radical (unpaired) electrons. The van der Waals surface area contributed by atoms with E-state index in [2.05, 4.69) is 27.1 Å². The lowest BCUT2D eigenvalue weighted by Crippen LogP contribution is -1.85. The summed E-state index contributed by atoms with van der Waals surface area (Å²) in [6, 6.07) is 2.01. The molecule has 0 bridgehead atoms. The molecular weight excluding hydrogens is 204 g/mol. The van der Waals surface area contributed by atoms with Gasteiger partial charge in [-0.15, -0.1) is 0 Å². The third kappa shape index (κ3) is 1.05. The predicted molar refractivity (Wildman–Crippen MR) is 46.5 cm³/mol. The van der Waals surface area contributed by atoms with E-state index in [1.807, 2.05) is 23.6 Å². The summed E-state index contributed by atoms with van der Waals surface area (Å²) in [5.41, 5.74) is 2.13. The first-order chi connectivity index (χ1) is 5.27. The molecule has 0 saturated carbocycles. The molecule has 0 amide bonds. The Morgan fingerprint density at radius 3 is 3.27 bits per heavy atom. The first kappa shape index (κ1) is 6.85. The van der Waals surface area contributed by atoms with Crippen molar-refractivity contribution < 1.29 is 0 Å². The number of fused-ring (bicyclic) bond motifs is 1. The van der Waals surface area contributed by atoms with Crippen molar-refractivity contribution in [1.82, 2.24) is 9.38 Å². The maximum absolute atomic E-state index is 4.04. The van der Waals surface area contributed by atoms with Gasteiger partial charge in [0.25, 0.3) is 0 Å². The molecule has 0 saturated heterocycles. The van der Waals surface area contributed by atoms with Crippen LogP contribution in [0.4, 0.5) is 0 Å². The zero-order chi connectivity index (χ0) is 7.84. The normalized spacial score (nSPS) is 10.7. The maximum Gasteiger partial charge on any atom is 0.137 e. The van der Waals surface area contributed by atoms with Gasteiger partial charge in [0.15, 0.2) is 0 Å². The van der Waals surface area contributed by atoms with Crippen LogP contribution in [0, 0.1) is 13.1 Å². The Morgan fingerprint density at radius 2 is 2.45 bits per heavy atom. The van der Waals surface area contributed by atoms with Crippen LogP contribution in [0.1, 0.15) is 5.56 Å². The van der Waals surface area contributed by atoms with Crippen LogP contribution in [-0.2, 0) is 0 Å². The second kappa shape index (κ2) is 2.34. The zero-order valence-electron chi connectivity index (χ0n) is 6.00. The van der Waals surface area contributed by atoms with Crippen molar-refractivity contribution in [1.29, 1.82) is 0 Å². The van der Waals surface area contributed by atoms with Gasteiger partial charge >= 0.3 is 0 Å². The van der Waals surface area contributed by atoms with Crippen LogP contribution in [0.25, 0.3) is 5.65 Å². The Balaban J connectivity index is 2.86. The first-order valence-electron chi connectivity index (χ1n) is 3.28. The number of nitrogens with zero attached hydrogens (tertiary/aromatic N) is 2. The molecule has 2 heterocycles. The topological polar surface area (TPSA) is 17.3 Å². The molecule has 2 nitrogen and oxygen atoms in total. The molecule has 55 valence electrons. The second-order valence-electron chi connectivity index (χ2n) is 2.44. The molecule has 0 aliphatic heterocycles. The van der Waals surface area contributed by atoms with Crippen molar-refractivity contribution in [2.75, 3.05) is 0 Å². The van der Waals surface area contributed by atoms with Gasteiger partial charge in [0, 0.05) is 16.9 Å². The average Bonchev–Trinajstić information content (AvgIpc) is 2.36. The highest BCUT2D eigenvalue weighted by atomic mass is 79.9. The van der Waals surface area contributed by atoms with Crippen molar-refractivity contribution in [3.63, 3.8) is 0 Å². The minimum atomic E-state index is 0.936. The molecule has 2 aromatic heterocycles. The molecule has 2 rings (SSSR count). The number of imidazole rings is 1. The summed E-state index contributed by atoms with van der Waals surface area (Å²) < 4.78 is 3.02. The molecule has 0 fully saturated rings. The fraction of sp³-hybridized carbons (Fsp3) is 0.125. The number of aryl methyl sites for hydroxylation is 1. The number of halogens is 1. The molecule has 0 aliphatic carbocycles. The summed E-state index contributed by atoms with van der Waals surface area (Å²) in [5.74, 6) is 0. The zero-order valence-corrected chi connectivity index (χ0v) is 7.59. The lowest BCUT2D eigenvalue weighted by atomic mass is 10.3. The molecular formula is C8H6BrN2. The van der Waals surface area contributed by atoms with Gasteiger partial charge in [-0.2, -0.15) is 0 Å². The average molecular weight is 210 g/mol. The Hall–Kier alpha value is -0.830. The molecule has 0 unspecified atom stereocenters. The Kier molecular flexibility index (Phi) is 1.46. The van der Waals surface area contributed by atoms with Gasteiger partial charge in [-0.1, -0.05) is 0 Å². The molecule has 11 heavy (non-hydrogen) atoms. The van der Waals surface area contributed by atoms with Crippen LogP contribution in [0.5, 0.6) is 0 Å². The van der Waals surface area contributed by atoms with E-state index in [1.54, 1.807) is 6.20 Å². The van der Waals surface area contributed by atoms with Crippen LogP contribution in [-0.4, -0.2) is 9.38 Å². The van der Waals surface area contributed by atoms with Gasteiger partial charge in [-0.3, -0.25) is 0 Å². The number of pyridine rings is 1. The third-order valence-electron chi connectivity index (χ3n) is 1.62. The van der Waals surface area contributed by atoms with E-state index in [4.69, 9.17) is 0 Å². The molecule has 0 aromatic carbocycles. The summed E-state index contributed by atoms with van der Waals surface area (Å²) in [4.78, 5) is 4.04. The van der Waals surface area contributed by atoms with Crippen LogP contribution in [0.15, 0.2) is 22.9 Å². The van der Waals surface area contributed by atoms with Crippen LogP contribution in [0.3, 0.4) is 0 Å². The summed E-state index contributed by atoms with van der Waals surface area (Å²) in [7, 11) is 0. The highest BCUT2D eigenvalue weighted by molar-refractivity contribution is 9.10. The number of aromatic nitrogens is 2. The predicted octanol–water partition coefficient (Wildman–Crippen LogP) is 2.21. The monoisotopic (exact) mass is 209 g/mol. The molecule has 0 atom stereocenters. The number of hydrogen-bond donors (Lipinski definition) is 0. The van der Waals surface area contributed by atoms with E-state index >= 15 is 0 Å². The van der Waals surface area contributed by atoms with Crippen LogP contribution < -0.4 is 0 Å². The van der Waals surface area contributed by atoms with E-state index in [0.29, 0.717) is 0 Å². The number of hydrogen-bond acceptors (Lipinski definition) is 1. The molecule has 0 N–H and O–H groups in total. The van der Waals surface area contributed by atoms with Gasteiger partial charge in [0.05, 0.1) is 0 Å². The Bertz CT molecular complexity index is 356. The van der Waals surface area contributed by atoms with Crippen molar-refractivity contribution in [3.05, 3.63) is 34.7 Å². The minimum Gasteiger partial charge on any atom is -0.305 e. The van der Waals surface area contributed by atoms with Gasteiger partial charge in [0.2, 0.25) is 0 Å². The van der Waals surface area contributed by atoms with E-state index in [1.165, 1.54) is 5.56 Å². The molecule has 2 aromatic rings. The van der Waals surface area contributed by atoms with E-state index in [0.717, 1.165) is 10.1 Å². The van der Waals surface area contributed by atoms with E-state index in [-0.39, 0.29) is 0 Å². The third-order valence-corrected chi connectivity index (χ3v) is 2.45. The van der Waals surface area contributed by atoms with Crippen molar-refractivity contribution >= 4 is 21.6 Å². The summed E-state index contributed by atoms with van der Waals surface area (Å²) >= 11 is 3.44. The fourth-order valence-electron chi connectivity index (χ4n) is 0.978. The number of rotatable bonds is 0. The van der Waals surface area contributed by atoms with Gasteiger partial charge < -0.3 is 4.40 Å². The van der Waals surface area contributed by atoms with Gasteiger partial charge in [-0.25, -0.2) is 4.98 Å². The lowest BCUT2D eigenvalue weighted by Gasteiger charge is -1.98. The van der Waals surface area contributed by atoms with Gasteiger partial charge in [-0.05, 0) is 34.5 Å². The SMILES string of the molecule is Cc1cc2n[c]cn2cc1Br. The summed E-state index contributed by atoms with van der Waals surface area (Å²) in [5, 5.41) is 0. The quantitative estimate of drug-likeness (QED) is 0.651. The van der Waals surface area contributed by atoms with Crippen LogP contribution in [0.2, 0.25) is 0 Å². The highest BCUT2D eigenvalue weighted by Crippen LogP contribution is 2.16. The molecule has 0 spiro atoms. The second-order valence-corrected chi connectivity index (χ2v) is 3.29. The van der Waals surface area contributed by atoms with Crippen molar-refractivity contribution in [2.24, 2.45) is 0 Å². The Labute approximate surface area is 73.0 Å². The maximum atomic E-state index is 4.04. The highest BCUT2D eigenvalue weighted by Gasteiger charge is 1.97. The standard InChI is InChI=1S/C8H6BrN2/c1-6-4-8-10-2-3-11(8)5-7(6)9/h3-5H,1H3. The summed E-state index contributed by atoms with van der Waals surface area (Å²) in [6.07, 6.45) is 6.57. The smallest absolute Gasteiger partial charge is 0.137 e. The van der Waals surface area contributed by atoms with Crippen molar-refractivity contribution in [2.45, 2.75) is 6.92 Å². The lowest BCUT2D eigenvalue weighted by molar-refractivity contribution is 1.15. The van der Waals surface area contributed by atoms with E-state index < -0.39 is 0 Å². The summed E-state index contributed by atoms with van der Waals surface area (Å²) in [6.45, 7) is 2.04. The van der Waals surface area contributed by atoms with Crippen LogP contribution >= 0.6 is 15.9 Å². The molecule has 0 aliphatic rings.